The Morgan fingerprint density at radius 2 is 2.00 bits per heavy atom. The fourth-order valence-electron chi connectivity index (χ4n) is 2.44. The molecule has 0 radical (unpaired) electrons. The van der Waals surface area contributed by atoms with Gasteiger partial charge in [-0.15, -0.1) is 0 Å². The molecule has 0 amide bonds. The number of rotatable bonds is 3. The summed E-state index contributed by atoms with van der Waals surface area (Å²) in [7, 11) is 0. The second kappa shape index (κ2) is 5.19. The van der Waals surface area contributed by atoms with E-state index in [9.17, 15) is 0 Å². The minimum Gasteiger partial charge on any atom is -0.311 e. The Morgan fingerprint density at radius 3 is 2.65 bits per heavy atom. The van der Waals surface area contributed by atoms with Crippen LogP contribution in [0.4, 0.5) is 0 Å². The first-order valence-electron chi connectivity index (χ1n) is 6.64. The van der Waals surface area contributed by atoms with Crippen molar-refractivity contribution in [1.82, 2.24) is 10.2 Å². The van der Waals surface area contributed by atoms with Crippen LogP contribution < -0.4 is 5.32 Å². The van der Waals surface area contributed by atoms with Crippen LogP contribution in [0.3, 0.4) is 0 Å². The molecule has 1 aromatic carbocycles. The van der Waals surface area contributed by atoms with Crippen molar-refractivity contribution >= 4 is 0 Å². The lowest BCUT2D eigenvalue weighted by Gasteiger charge is -2.46. The molecule has 1 aliphatic rings. The molecule has 0 spiro atoms. The molecule has 2 rings (SSSR count). The van der Waals surface area contributed by atoms with Crippen molar-refractivity contribution < 1.29 is 0 Å². The van der Waals surface area contributed by atoms with Gasteiger partial charge in [0.2, 0.25) is 0 Å². The van der Waals surface area contributed by atoms with E-state index in [0.717, 1.165) is 19.6 Å². The van der Waals surface area contributed by atoms with Crippen molar-refractivity contribution in [3.05, 3.63) is 35.9 Å². The van der Waals surface area contributed by atoms with Gasteiger partial charge >= 0.3 is 0 Å². The number of nitrogens with zero attached hydrogens (tertiary/aromatic N) is 1. The SMILES string of the molecule is CC[C@@H]1CN(Cc2ccccc2)C(C)(C)CN1. The smallest absolute Gasteiger partial charge is 0.0281 e. The number of hydrogen-bond acceptors (Lipinski definition) is 2. The molecule has 0 aliphatic carbocycles. The van der Waals surface area contributed by atoms with Crippen LogP contribution in [0.1, 0.15) is 32.8 Å². The molecule has 1 heterocycles. The van der Waals surface area contributed by atoms with Crippen molar-refractivity contribution in [2.24, 2.45) is 0 Å². The summed E-state index contributed by atoms with van der Waals surface area (Å²) in [6, 6.07) is 11.4. The highest BCUT2D eigenvalue weighted by atomic mass is 15.3. The molecule has 0 unspecified atom stereocenters. The zero-order chi connectivity index (χ0) is 12.3. The zero-order valence-corrected chi connectivity index (χ0v) is 11.2. The van der Waals surface area contributed by atoms with Crippen LogP contribution in [-0.4, -0.2) is 29.6 Å². The lowest BCUT2D eigenvalue weighted by Crippen LogP contribution is -2.61. The topological polar surface area (TPSA) is 15.3 Å². The molecule has 2 nitrogen and oxygen atoms in total. The van der Waals surface area contributed by atoms with E-state index in [0.29, 0.717) is 6.04 Å². The van der Waals surface area contributed by atoms with E-state index in [4.69, 9.17) is 0 Å². The first-order chi connectivity index (χ1) is 8.12. The van der Waals surface area contributed by atoms with E-state index < -0.39 is 0 Å². The molecule has 2 heteroatoms. The van der Waals surface area contributed by atoms with E-state index in [1.54, 1.807) is 0 Å². The fourth-order valence-corrected chi connectivity index (χ4v) is 2.44. The van der Waals surface area contributed by atoms with E-state index >= 15 is 0 Å². The minimum atomic E-state index is 0.251. The lowest BCUT2D eigenvalue weighted by atomic mass is 9.95. The Bertz CT molecular complexity index is 345. The summed E-state index contributed by atoms with van der Waals surface area (Å²) in [6.07, 6.45) is 1.21. The summed E-state index contributed by atoms with van der Waals surface area (Å²) < 4.78 is 0. The Hall–Kier alpha value is -0.860. The lowest BCUT2D eigenvalue weighted by molar-refractivity contribution is 0.0577. The maximum absolute atomic E-state index is 3.63. The van der Waals surface area contributed by atoms with Gasteiger partial charge in [0.1, 0.15) is 0 Å². The molecule has 0 aromatic heterocycles. The van der Waals surface area contributed by atoms with E-state index in [-0.39, 0.29) is 5.54 Å². The summed E-state index contributed by atoms with van der Waals surface area (Å²) in [6.45, 7) is 10.2. The maximum atomic E-state index is 3.63. The third kappa shape index (κ3) is 3.08. The first-order valence-corrected chi connectivity index (χ1v) is 6.64. The van der Waals surface area contributed by atoms with Gasteiger partial charge in [0, 0.05) is 31.2 Å². The molecular formula is C15H24N2. The van der Waals surface area contributed by atoms with Gasteiger partial charge in [-0.05, 0) is 25.8 Å². The molecule has 1 saturated heterocycles. The molecule has 1 aliphatic heterocycles. The van der Waals surface area contributed by atoms with Crippen LogP contribution in [0.5, 0.6) is 0 Å². The third-order valence-electron chi connectivity index (χ3n) is 3.83. The standard InChI is InChI=1S/C15H24N2/c1-4-14-11-17(15(2,3)12-16-14)10-13-8-6-5-7-9-13/h5-9,14,16H,4,10-12H2,1-3H3/t14-/m1/s1. The summed E-state index contributed by atoms with van der Waals surface area (Å²) in [5.41, 5.74) is 1.67. The van der Waals surface area contributed by atoms with Crippen LogP contribution in [-0.2, 0) is 6.54 Å². The zero-order valence-electron chi connectivity index (χ0n) is 11.2. The minimum absolute atomic E-state index is 0.251. The van der Waals surface area contributed by atoms with Crippen LogP contribution in [0.15, 0.2) is 30.3 Å². The van der Waals surface area contributed by atoms with Gasteiger partial charge in [-0.1, -0.05) is 37.3 Å². The van der Waals surface area contributed by atoms with Crippen LogP contribution in [0.2, 0.25) is 0 Å². The average Bonchev–Trinajstić information content (AvgIpc) is 2.33. The van der Waals surface area contributed by atoms with Gasteiger partial charge in [0.05, 0.1) is 0 Å². The average molecular weight is 232 g/mol. The van der Waals surface area contributed by atoms with Gasteiger partial charge in [0.15, 0.2) is 0 Å². The predicted molar refractivity (Wildman–Crippen MR) is 73.0 cm³/mol. The Kier molecular flexibility index (Phi) is 3.85. The maximum Gasteiger partial charge on any atom is 0.0281 e. The van der Waals surface area contributed by atoms with Crippen molar-refractivity contribution in [2.75, 3.05) is 13.1 Å². The highest BCUT2D eigenvalue weighted by molar-refractivity contribution is 5.15. The Labute approximate surface area is 105 Å². The fraction of sp³-hybridized carbons (Fsp3) is 0.600. The Morgan fingerprint density at radius 1 is 1.29 bits per heavy atom. The third-order valence-corrected chi connectivity index (χ3v) is 3.83. The summed E-state index contributed by atoms with van der Waals surface area (Å²) in [5.74, 6) is 0. The van der Waals surface area contributed by atoms with Gasteiger partial charge in [-0.2, -0.15) is 0 Å². The van der Waals surface area contributed by atoms with Gasteiger partial charge in [-0.3, -0.25) is 4.90 Å². The second-order valence-corrected chi connectivity index (χ2v) is 5.66. The Balaban J connectivity index is 2.06. The largest absolute Gasteiger partial charge is 0.311 e. The number of piperazine rings is 1. The van der Waals surface area contributed by atoms with Crippen molar-refractivity contribution in [3.63, 3.8) is 0 Å². The highest BCUT2D eigenvalue weighted by Gasteiger charge is 2.32. The summed E-state index contributed by atoms with van der Waals surface area (Å²) in [4.78, 5) is 2.60. The van der Waals surface area contributed by atoms with Crippen molar-refractivity contribution in [2.45, 2.75) is 45.3 Å². The van der Waals surface area contributed by atoms with Crippen LogP contribution >= 0.6 is 0 Å². The molecule has 0 bridgehead atoms. The first kappa shape index (κ1) is 12.6. The van der Waals surface area contributed by atoms with E-state index in [1.807, 2.05) is 0 Å². The van der Waals surface area contributed by atoms with Crippen LogP contribution in [0, 0.1) is 0 Å². The molecule has 1 aromatic rings. The van der Waals surface area contributed by atoms with Gasteiger partial charge in [0.25, 0.3) is 0 Å². The molecule has 94 valence electrons. The van der Waals surface area contributed by atoms with E-state index in [2.05, 4.69) is 61.3 Å². The summed E-state index contributed by atoms with van der Waals surface area (Å²) >= 11 is 0. The molecule has 1 atom stereocenters. The van der Waals surface area contributed by atoms with E-state index in [1.165, 1.54) is 12.0 Å². The number of nitrogens with one attached hydrogen (secondary N) is 1. The molecule has 1 fully saturated rings. The highest BCUT2D eigenvalue weighted by Crippen LogP contribution is 2.22. The number of benzene rings is 1. The second-order valence-electron chi connectivity index (χ2n) is 5.66. The van der Waals surface area contributed by atoms with Crippen LogP contribution in [0.25, 0.3) is 0 Å². The van der Waals surface area contributed by atoms with Crippen molar-refractivity contribution in [3.8, 4) is 0 Å². The quantitative estimate of drug-likeness (QED) is 0.862. The van der Waals surface area contributed by atoms with Gasteiger partial charge < -0.3 is 5.32 Å². The molecule has 1 N–H and O–H groups in total. The monoisotopic (exact) mass is 232 g/mol. The van der Waals surface area contributed by atoms with Crippen molar-refractivity contribution in [1.29, 1.82) is 0 Å². The van der Waals surface area contributed by atoms with Gasteiger partial charge in [-0.25, -0.2) is 0 Å². The molecular weight excluding hydrogens is 208 g/mol. The predicted octanol–water partition coefficient (Wildman–Crippen LogP) is 2.65. The molecule has 0 saturated carbocycles. The number of hydrogen-bond donors (Lipinski definition) is 1. The summed E-state index contributed by atoms with van der Waals surface area (Å²) in [5, 5.41) is 3.63. The normalized spacial score (nSPS) is 24.8. The molecule has 17 heavy (non-hydrogen) atoms.